The van der Waals surface area contributed by atoms with Gasteiger partial charge in [0.15, 0.2) is 5.75 Å². The topological polar surface area (TPSA) is 19.9 Å². The van der Waals surface area contributed by atoms with E-state index >= 15 is 0 Å². The second-order valence-electron chi connectivity index (χ2n) is 2.08. The molecule has 1 aromatic rings. The molecule has 0 bridgehead atoms. The van der Waals surface area contributed by atoms with Gasteiger partial charge in [-0.3, -0.25) is 5.11 Å². The van der Waals surface area contributed by atoms with Gasteiger partial charge in [-0.15, -0.1) is 0 Å². The van der Waals surface area contributed by atoms with Gasteiger partial charge in [0.25, 0.3) is 0 Å². The minimum atomic E-state index is -0.0355. The van der Waals surface area contributed by atoms with Crippen LogP contribution < -0.4 is 0 Å². The van der Waals surface area contributed by atoms with Crippen LogP contribution in [-0.2, 0) is 11.5 Å². The summed E-state index contributed by atoms with van der Waals surface area (Å²) >= 11 is 5.58. The van der Waals surface area contributed by atoms with Gasteiger partial charge in [0.1, 0.15) is 0 Å². The quantitative estimate of drug-likeness (QED) is 0.594. The first-order valence-corrected chi connectivity index (χ1v) is 3.58. The van der Waals surface area contributed by atoms with Crippen molar-refractivity contribution in [1.29, 1.82) is 0 Å². The Morgan fingerprint density at radius 2 is 2.20 bits per heavy atom. The van der Waals surface area contributed by atoms with Crippen molar-refractivity contribution in [3.63, 3.8) is 0 Å². The molecule has 0 atom stereocenters. The third-order valence-electron chi connectivity index (χ3n) is 1.43. The molecule has 0 aliphatic rings. The molecule has 0 aromatic heterocycles. The molecule has 0 unspecified atom stereocenters. The van der Waals surface area contributed by atoms with E-state index in [1.165, 1.54) is 0 Å². The first-order valence-electron chi connectivity index (χ1n) is 3.20. The fraction of sp³-hybridized carbons (Fsp3) is 0.250. The normalized spacial score (nSPS) is 9.80. The number of hydrogen-bond donors (Lipinski definition) is 0. The number of hydrogen-bond acceptors (Lipinski definition) is 0. The lowest BCUT2D eigenvalue weighted by Gasteiger charge is -1.97. The molecule has 1 aromatic carbocycles. The summed E-state index contributed by atoms with van der Waals surface area (Å²) in [5, 5.41) is 11.4. The maximum atomic E-state index is 11.1. The summed E-state index contributed by atoms with van der Waals surface area (Å²) in [6.45, 7) is 1.94. The summed E-state index contributed by atoms with van der Waals surface area (Å²) in [5.41, 5.74) is 0.785. The molecule has 53 valence electrons. The molecule has 0 aliphatic carbocycles. The van der Waals surface area contributed by atoms with E-state index in [2.05, 4.69) is 0 Å². The Bertz CT molecular complexity index is 233. The van der Waals surface area contributed by atoms with Crippen molar-refractivity contribution in [2.75, 3.05) is 0 Å². The van der Waals surface area contributed by atoms with Crippen LogP contribution in [0.2, 0.25) is 5.02 Å². The smallest absolute Gasteiger partial charge is 0.200 e. The highest BCUT2D eigenvalue weighted by molar-refractivity contribution is 6.32. The fourth-order valence-electron chi connectivity index (χ4n) is 0.832. The summed E-state index contributed by atoms with van der Waals surface area (Å²) in [6, 6.07) is 5.21. The average Bonchev–Trinajstić information content (AvgIpc) is 1.95. The van der Waals surface area contributed by atoms with Gasteiger partial charge in [-0.1, -0.05) is 30.7 Å². The van der Waals surface area contributed by atoms with E-state index < -0.39 is 0 Å². The Hall–Kier alpha value is -0.690. The molecule has 0 spiro atoms. The van der Waals surface area contributed by atoms with Crippen molar-refractivity contribution < 1.29 is 5.11 Å². The highest BCUT2D eigenvalue weighted by atomic mass is 35.5. The number of rotatable bonds is 1. The minimum Gasteiger partial charge on any atom is -0.288 e. The van der Waals surface area contributed by atoms with Gasteiger partial charge in [-0.2, -0.15) is 0 Å². The van der Waals surface area contributed by atoms with E-state index in [4.69, 9.17) is 11.6 Å². The molecule has 0 N–H and O–H groups in total. The third-order valence-corrected chi connectivity index (χ3v) is 1.73. The predicted molar refractivity (Wildman–Crippen MR) is 41.0 cm³/mol. The number of benzene rings is 1. The molecule has 10 heavy (non-hydrogen) atoms. The van der Waals surface area contributed by atoms with E-state index in [1.807, 2.05) is 6.92 Å². The van der Waals surface area contributed by atoms with Crippen molar-refractivity contribution in [3.05, 3.63) is 28.8 Å². The Labute approximate surface area is 65.3 Å². The van der Waals surface area contributed by atoms with Crippen LogP contribution in [0.5, 0.6) is 5.75 Å². The van der Waals surface area contributed by atoms with Gasteiger partial charge < -0.3 is 0 Å². The number of halogens is 1. The first kappa shape index (κ1) is 7.42. The van der Waals surface area contributed by atoms with Crippen molar-refractivity contribution in [3.8, 4) is 5.75 Å². The summed E-state index contributed by atoms with van der Waals surface area (Å²) in [7, 11) is 0. The van der Waals surface area contributed by atoms with Crippen LogP contribution in [0.4, 0.5) is 0 Å². The van der Waals surface area contributed by atoms with Crippen LogP contribution in [0, 0.1) is 0 Å². The van der Waals surface area contributed by atoms with Crippen LogP contribution in [-0.4, -0.2) is 0 Å². The van der Waals surface area contributed by atoms with Crippen LogP contribution in [0.3, 0.4) is 0 Å². The van der Waals surface area contributed by atoms with Crippen LogP contribution >= 0.6 is 11.6 Å². The van der Waals surface area contributed by atoms with Crippen LogP contribution in [0.25, 0.3) is 0 Å². The summed E-state index contributed by atoms with van der Waals surface area (Å²) in [4.78, 5) is 0. The van der Waals surface area contributed by atoms with E-state index in [-0.39, 0.29) is 5.75 Å². The maximum Gasteiger partial charge on any atom is 0.200 e. The Balaban J connectivity index is 3.14. The van der Waals surface area contributed by atoms with Gasteiger partial charge in [-0.05, 0) is 12.5 Å². The highest BCUT2D eigenvalue weighted by Gasteiger charge is 2.03. The molecule has 0 heterocycles. The SMILES string of the molecule is CCc1cccc(Cl)c1[O]. The second kappa shape index (κ2) is 2.93. The van der Waals surface area contributed by atoms with Crippen molar-refractivity contribution in [2.45, 2.75) is 13.3 Å². The van der Waals surface area contributed by atoms with E-state index in [9.17, 15) is 5.11 Å². The molecule has 1 radical (unpaired) electrons. The van der Waals surface area contributed by atoms with E-state index in [1.54, 1.807) is 18.2 Å². The molecule has 2 heteroatoms. The van der Waals surface area contributed by atoms with Gasteiger partial charge in [-0.25, -0.2) is 0 Å². The minimum absolute atomic E-state index is 0.0355. The molecule has 0 aliphatic heterocycles. The monoisotopic (exact) mass is 155 g/mol. The zero-order chi connectivity index (χ0) is 7.56. The number of para-hydroxylation sites is 1. The van der Waals surface area contributed by atoms with Gasteiger partial charge in [0.05, 0.1) is 5.02 Å². The van der Waals surface area contributed by atoms with E-state index in [0.29, 0.717) is 5.02 Å². The predicted octanol–water partition coefficient (Wildman–Crippen LogP) is 3.05. The maximum absolute atomic E-state index is 11.1. The summed E-state index contributed by atoms with van der Waals surface area (Å²) in [5.74, 6) is -0.0355. The Kier molecular flexibility index (Phi) is 2.17. The molecule has 1 nitrogen and oxygen atoms in total. The zero-order valence-electron chi connectivity index (χ0n) is 5.73. The molecule has 0 fully saturated rings. The van der Waals surface area contributed by atoms with Crippen LogP contribution in [0.15, 0.2) is 18.2 Å². The van der Waals surface area contributed by atoms with Gasteiger partial charge >= 0.3 is 0 Å². The first-order chi connectivity index (χ1) is 4.75. The Morgan fingerprint density at radius 3 is 2.70 bits per heavy atom. The summed E-state index contributed by atoms with van der Waals surface area (Å²) in [6.07, 6.45) is 0.749. The van der Waals surface area contributed by atoms with Crippen LogP contribution in [0.1, 0.15) is 12.5 Å². The molecular formula is C8H8ClO. The lowest BCUT2D eigenvalue weighted by atomic mass is 10.1. The van der Waals surface area contributed by atoms with Crippen molar-refractivity contribution >= 4 is 11.6 Å². The lowest BCUT2D eigenvalue weighted by Crippen LogP contribution is -1.79. The second-order valence-corrected chi connectivity index (χ2v) is 2.49. The third kappa shape index (κ3) is 1.24. The standard InChI is InChI=1S/C8H8ClO/c1-2-6-4-3-5-7(9)8(6)10/h3-5H,2H2,1H3. The van der Waals surface area contributed by atoms with Crippen molar-refractivity contribution in [1.82, 2.24) is 0 Å². The molecule has 0 amide bonds. The molecule has 0 saturated carbocycles. The largest absolute Gasteiger partial charge is 0.288 e. The summed E-state index contributed by atoms with van der Waals surface area (Å²) < 4.78 is 0. The highest BCUT2D eigenvalue weighted by Crippen LogP contribution is 2.27. The molecular weight excluding hydrogens is 148 g/mol. The average molecular weight is 156 g/mol. The van der Waals surface area contributed by atoms with Gasteiger partial charge in [0, 0.05) is 5.56 Å². The zero-order valence-corrected chi connectivity index (χ0v) is 6.48. The lowest BCUT2D eigenvalue weighted by molar-refractivity contribution is 0.350. The molecule has 0 saturated heterocycles. The number of aryl methyl sites for hydroxylation is 1. The Morgan fingerprint density at radius 1 is 1.50 bits per heavy atom. The fourth-order valence-corrected chi connectivity index (χ4v) is 1.03. The van der Waals surface area contributed by atoms with Gasteiger partial charge in [0.2, 0.25) is 0 Å². The molecule has 1 rings (SSSR count). The van der Waals surface area contributed by atoms with Crippen molar-refractivity contribution in [2.24, 2.45) is 0 Å². The van der Waals surface area contributed by atoms with E-state index in [0.717, 1.165) is 12.0 Å².